The van der Waals surface area contributed by atoms with E-state index in [1.165, 1.54) is 5.54 Å². The van der Waals surface area contributed by atoms with Gasteiger partial charge in [-0.1, -0.05) is 11.6 Å². The maximum atomic E-state index is 5.52. The van der Waals surface area contributed by atoms with Gasteiger partial charge in [0.25, 0.3) is 0 Å². The summed E-state index contributed by atoms with van der Waals surface area (Å²) in [4.78, 5) is 0. The second-order valence-corrected chi connectivity index (χ2v) is 3.08. The van der Waals surface area contributed by atoms with Crippen LogP contribution in [-0.2, 0) is 4.74 Å². The summed E-state index contributed by atoms with van der Waals surface area (Å²) in [6.07, 6.45) is 1.66. The average molecular weight is 161 g/mol. The normalized spacial score (nSPS) is 26.4. The van der Waals surface area contributed by atoms with E-state index in [1.54, 1.807) is 6.40 Å². The quantitative estimate of drug-likeness (QED) is 0.490. The molecule has 0 aromatic heterocycles. The van der Waals surface area contributed by atoms with E-state index in [0.717, 1.165) is 5.76 Å². The molecule has 56 valence electrons. The van der Waals surface area contributed by atoms with Crippen LogP contribution in [-0.4, -0.2) is 23.6 Å². The minimum atomic E-state index is -0.0955. The first kappa shape index (κ1) is 7.61. The van der Waals surface area contributed by atoms with Crippen molar-refractivity contribution in [2.45, 2.75) is 19.4 Å². The van der Waals surface area contributed by atoms with Gasteiger partial charge in [-0.2, -0.15) is 4.58 Å². The van der Waals surface area contributed by atoms with Gasteiger partial charge in [0, 0.05) is 13.8 Å². The zero-order valence-corrected chi connectivity index (χ0v) is 7.14. The number of likely N-dealkylation sites (N-methyl/N-ethyl adjacent to an activating group) is 1. The molecule has 2 nitrogen and oxygen atoms in total. The van der Waals surface area contributed by atoms with Gasteiger partial charge in [0.05, 0.1) is 5.54 Å². The van der Waals surface area contributed by atoms with Gasteiger partial charge in [0.1, 0.15) is 7.05 Å². The summed E-state index contributed by atoms with van der Waals surface area (Å²) in [5.74, 6) is 0.789. The molecule has 0 bridgehead atoms. The first-order valence-corrected chi connectivity index (χ1v) is 3.56. The fraction of sp³-hybridized carbons (Fsp3) is 0.571. The summed E-state index contributed by atoms with van der Waals surface area (Å²) in [6.45, 7) is 4.09. The van der Waals surface area contributed by atoms with Crippen LogP contribution in [0.2, 0.25) is 0 Å². The summed E-state index contributed by atoms with van der Waals surface area (Å²) in [5, 5.41) is 0. The van der Waals surface area contributed by atoms with Gasteiger partial charge in [-0.25, -0.2) is 0 Å². The summed E-state index contributed by atoms with van der Waals surface area (Å²) < 4.78 is 7.13. The first-order valence-electron chi connectivity index (χ1n) is 3.13. The molecule has 1 rings (SSSR count). The molecule has 1 heterocycles. The molecule has 0 fully saturated rings. The lowest BCUT2D eigenvalue weighted by molar-refractivity contribution is -0.552. The maximum Gasteiger partial charge on any atom is 0.329 e. The van der Waals surface area contributed by atoms with Gasteiger partial charge in [0.15, 0.2) is 5.76 Å². The molecule has 0 saturated heterocycles. The molecule has 0 aromatic rings. The first-order chi connectivity index (χ1) is 4.59. The van der Waals surface area contributed by atoms with Crippen LogP contribution in [0.25, 0.3) is 0 Å². The Hall–Kier alpha value is -0.500. The standard InChI is InChI=1S/C7H11ClNO/c1-7(2)6(4-8)10-5-9(7)3/h4-5H,1-3H3/q+1. The Kier molecular flexibility index (Phi) is 1.73. The van der Waals surface area contributed by atoms with Crippen LogP contribution in [0.1, 0.15) is 13.8 Å². The van der Waals surface area contributed by atoms with Crippen LogP contribution in [0.4, 0.5) is 0 Å². The molecule has 0 N–H and O–H groups in total. The smallest absolute Gasteiger partial charge is 0.329 e. The van der Waals surface area contributed by atoms with E-state index in [2.05, 4.69) is 0 Å². The van der Waals surface area contributed by atoms with Crippen molar-refractivity contribution in [3.63, 3.8) is 0 Å². The molecule has 0 aliphatic carbocycles. The van der Waals surface area contributed by atoms with E-state index < -0.39 is 0 Å². The number of halogens is 1. The zero-order chi connectivity index (χ0) is 7.78. The molecular formula is C7H11ClNO+. The second kappa shape index (κ2) is 2.27. The van der Waals surface area contributed by atoms with Crippen LogP contribution < -0.4 is 0 Å². The third kappa shape index (κ3) is 0.926. The highest BCUT2D eigenvalue weighted by Crippen LogP contribution is 2.24. The third-order valence-corrected chi connectivity index (χ3v) is 2.12. The van der Waals surface area contributed by atoms with E-state index in [1.807, 2.05) is 25.5 Å². The lowest BCUT2D eigenvalue weighted by atomic mass is 10.0. The van der Waals surface area contributed by atoms with Crippen LogP contribution >= 0.6 is 11.6 Å². The van der Waals surface area contributed by atoms with Crippen LogP contribution in [0.5, 0.6) is 0 Å². The molecule has 0 unspecified atom stereocenters. The van der Waals surface area contributed by atoms with E-state index in [4.69, 9.17) is 16.3 Å². The van der Waals surface area contributed by atoms with Crippen molar-refractivity contribution in [2.75, 3.05) is 7.05 Å². The van der Waals surface area contributed by atoms with Gasteiger partial charge < -0.3 is 4.74 Å². The van der Waals surface area contributed by atoms with E-state index in [-0.39, 0.29) is 5.54 Å². The summed E-state index contributed by atoms with van der Waals surface area (Å²) in [6, 6.07) is 0. The van der Waals surface area contributed by atoms with Crippen molar-refractivity contribution in [3.8, 4) is 0 Å². The predicted octanol–water partition coefficient (Wildman–Crippen LogP) is 1.55. The Bertz CT molecular complexity index is 206. The molecule has 0 atom stereocenters. The third-order valence-electron chi connectivity index (χ3n) is 1.92. The molecule has 3 heteroatoms. The number of rotatable bonds is 0. The Morgan fingerprint density at radius 2 is 2.30 bits per heavy atom. The van der Waals surface area contributed by atoms with Crippen LogP contribution in [0, 0.1) is 0 Å². The molecule has 1 aliphatic rings. The fourth-order valence-corrected chi connectivity index (χ4v) is 1.06. The molecule has 0 saturated carbocycles. The Morgan fingerprint density at radius 3 is 2.50 bits per heavy atom. The number of hydrogen-bond acceptors (Lipinski definition) is 1. The Morgan fingerprint density at radius 1 is 1.70 bits per heavy atom. The minimum Gasteiger partial charge on any atom is -0.407 e. The predicted molar refractivity (Wildman–Crippen MR) is 41.3 cm³/mol. The topological polar surface area (TPSA) is 12.2 Å². The van der Waals surface area contributed by atoms with Gasteiger partial charge >= 0.3 is 6.40 Å². The van der Waals surface area contributed by atoms with Gasteiger partial charge in [-0.05, 0) is 0 Å². The molecule has 1 aliphatic heterocycles. The highest BCUT2D eigenvalue weighted by molar-refractivity contribution is 6.25. The van der Waals surface area contributed by atoms with E-state index in [0.29, 0.717) is 0 Å². The van der Waals surface area contributed by atoms with Crippen molar-refractivity contribution in [3.05, 3.63) is 11.3 Å². The lowest BCUT2D eigenvalue weighted by Crippen LogP contribution is -2.30. The van der Waals surface area contributed by atoms with Gasteiger partial charge in [0.2, 0.25) is 5.54 Å². The van der Waals surface area contributed by atoms with Crippen LogP contribution in [0.3, 0.4) is 0 Å². The number of ether oxygens (including phenoxy) is 1. The lowest BCUT2D eigenvalue weighted by Gasteiger charge is -2.11. The number of nitrogens with zero attached hydrogens (tertiary/aromatic N) is 1. The second-order valence-electron chi connectivity index (χ2n) is 2.87. The van der Waals surface area contributed by atoms with E-state index in [9.17, 15) is 0 Å². The summed E-state index contributed by atoms with van der Waals surface area (Å²) in [5.41, 5.74) is 1.38. The highest BCUT2D eigenvalue weighted by atomic mass is 35.5. The van der Waals surface area contributed by atoms with Gasteiger partial charge in [-0.3, -0.25) is 0 Å². The van der Waals surface area contributed by atoms with Gasteiger partial charge in [-0.15, -0.1) is 0 Å². The van der Waals surface area contributed by atoms with Crippen molar-refractivity contribution in [2.24, 2.45) is 0 Å². The minimum absolute atomic E-state index is 0.0955. The van der Waals surface area contributed by atoms with E-state index >= 15 is 0 Å². The number of hydrogen-bond donors (Lipinski definition) is 0. The van der Waals surface area contributed by atoms with Crippen molar-refractivity contribution < 1.29 is 9.31 Å². The maximum absolute atomic E-state index is 5.52. The highest BCUT2D eigenvalue weighted by Gasteiger charge is 2.39. The fourth-order valence-electron chi connectivity index (χ4n) is 0.745. The van der Waals surface area contributed by atoms with Crippen molar-refractivity contribution >= 4 is 18.0 Å². The van der Waals surface area contributed by atoms with Crippen LogP contribution in [0.15, 0.2) is 11.3 Å². The monoisotopic (exact) mass is 160 g/mol. The molecule has 10 heavy (non-hydrogen) atoms. The Labute approximate surface area is 65.8 Å². The Balaban J connectivity index is 2.95. The van der Waals surface area contributed by atoms with Crippen molar-refractivity contribution in [1.29, 1.82) is 0 Å². The molecule has 0 radical (unpaired) electrons. The molecule has 0 amide bonds. The molecule has 0 spiro atoms. The van der Waals surface area contributed by atoms with Crippen molar-refractivity contribution in [1.82, 2.24) is 0 Å². The zero-order valence-electron chi connectivity index (χ0n) is 6.39. The SMILES string of the molecule is C[N+]1=COC(=CCl)C1(C)C. The molecular weight excluding hydrogens is 150 g/mol. The average Bonchev–Trinajstić information content (AvgIpc) is 2.10. The molecule has 0 aromatic carbocycles. The largest absolute Gasteiger partial charge is 0.407 e. The summed E-state index contributed by atoms with van der Waals surface area (Å²) in [7, 11) is 1.95. The summed E-state index contributed by atoms with van der Waals surface area (Å²) >= 11 is 5.52.